The molecule has 14 heteroatoms. The molecule has 1 fully saturated rings. The number of halogens is 5. The van der Waals surface area contributed by atoms with E-state index in [0.717, 1.165) is 51.8 Å². The van der Waals surface area contributed by atoms with Crippen LogP contribution in [0, 0.1) is 5.82 Å². The molecule has 38 heavy (non-hydrogen) atoms. The first-order valence-corrected chi connectivity index (χ1v) is 11.7. The van der Waals surface area contributed by atoms with Gasteiger partial charge in [-0.3, -0.25) is 14.2 Å². The van der Waals surface area contributed by atoms with Gasteiger partial charge in [-0.1, -0.05) is 24.4 Å². The van der Waals surface area contributed by atoms with Gasteiger partial charge in [-0.25, -0.2) is 28.4 Å². The van der Waals surface area contributed by atoms with Gasteiger partial charge in [0.2, 0.25) is 0 Å². The molecule has 2 heterocycles. The summed E-state index contributed by atoms with van der Waals surface area (Å²) >= 11 is 6.20. The molecule has 0 unspecified atom stereocenters. The van der Waals surface area contributed by atoms with Crippen molar-refractivity contribution in [2.45, 2.75) is 44.7 Å². The van der Waals surface area contributed by atoms with E-state index in [4.69, 9.17) is 21.2 Å². The summed E-state index contributed by atoms with van der Waals surface area (Å²) in [7, 11) is 0.800. The number of aromatic nitrogens is 3. The van der Waals surface area contributed by atoms with E-state index in [1.165, 1.54) is 6.20 Å². The van der Waals surface area contributed by atoms with Crippen LogP contribution >= 0.6 is 11.6 Å². The molecule has 1 saturated carbocycles. The molecule has 9 nitrogen and oxygen atoms in total. The molecule has 202 valence electrons. The summed E-state index contributed by atoms with van der Waals surface area (Å²) in [6.07, 6.45) is -0.0430. The van der Waals surface area contributed by atoms with Crippen LogP contribution in [0.5, 0.6) is 17.4 Å². The average Bonchev–Trinajstić information content (AvgIpc) is 3.37. The first-order valence-electron chi connectivity index (χ1n) is 11.3. The zero-order valence-electron chi connectivity index (χ0n) is 20.0. The molecule has 1 aliphatic rings. The quantitative estimate of drug-likeness (QED) is 0.237. The first kappa shape index (κ1) is 27.2. The molecule has 0 saturated heterocycles. The number of hydrogen-bond acceptors (Lipinski definition) is 7. The van der Waals surface area contributed by atoms with Gasteiger partial charge in [-0.15, -0.1) is 0 Å². The average molecular weight is 558 g/mol. The highest BCUT2D eigenvalue weighted by Gasteiger charge is 2.35. The second kappa shape index (κ2) is 10.5. The van der Waals surface area contributed by atoms with Gasteiger partial charge < -0.3 is 4.74 Å². The number of hydrogen-bond donors (Lipinski definition) is 0. The number of alkyl halides is 3. The predicted molar refractivity (Wildman–Crippen MR) is 125 cm³/mol. The third-order valence-electron chi connectivity index (χ3n) is 6.00. The number of ether oxygens (including phenoxy) is 1. The lowest BCUT2D eigenvalue weighted by atomic mass is 9.98. The number of pyridine rings is 1. The summed E-state index contributed by atoms with van der Waals surface area (Å²) in [5.74, 6) is -2.43. The van der Waals surface area contributed by atoms with Crippen molar-refractivity contribution in [3.05, 3.63) is 73.4 Å². The Morgan fingerprint density at radius 2 is 1.84 bits per heavy atom. The molecule has 1 aromatic carbocycles. The molecule has 1 aliphatic carbocycles. The van der Waals surface area contributed by atoms with E-state index in [9.17, 15) is 31.9 Å². The van der Waals surface area contributed by atoms with Gasteiger partial charge in [0.1, 0.15) is 17.3 Å². The van der Waals surface area contributed by atoms with Gasteiger partial charge in [0, 0.05) is 37.9 Å². The molecular formula is C24H20ClF4N3O6. The summed E-state index contributed by atoms with van der Waals surface area (Å²) in [5.41, 5.74) is -4.43. The molecule has 0 aliphatic heterocycles. The largest absolute Gasteiger partial charge is 0.450 e. The maximum atomic E-state index is 14.9. The van der Waals surface area contributed by atoms with Crippen molar-refractivity contribution < 1.29 is 36.9 Å². The fraction of sp³-hybridized carbons (Fsp3) is 0.333. The van der Waals surface area contributed by atoms with Crippen LogP contribution in [0.4, 0.5) is 17.6 Å². The van der Waals surface area contributed by atoms with Crippen molar-refractivity contribution in [1.82, 2.24) is 14.1 Å². The van der Waals surface area contributed by atoms with Crippen molar-refractivity contribution in [2.75, 3.05) is 0 Å². The normalized spacial score (nSPS) is 14.0. The van der Waals surface area contributed by atoms with Gasteiger partial charge in [0.05, 0.1) is 10.7 Å². The Hall–Kier alpha value is -3.87. The van der Waals surface area contributed by atoms with Gasteiger partial charge in [-0.05, 0) is 30.9 Å². The SMILES string of the molecule is CC(=O)OOc1nccc(C2CCCC2)c1Oc1cc(-n2c(=O)cc(C(F)(F)F)n(C)c2=O)c(F)cc1Cl. The zero-order valence-corrected chi connectivity index (χ0v) is 20.7. The van der Waals surface area contributed by atoms with E-state index in [1.54, 1.807) is 6.07 Å². The Kier molecular flexibility index (Phi) is 7.49. The monoisotopic (exact) mass is 557 g/mol. The van der Waals surface area contributed by atoms with Crippen LogP contribution in [0.3, 0.4) is 0 Å². The predicted octanol–water partition coefficient (Wildman–Crippen LogP) is 5.05. The maximum absolute atomic E-state index is 14.9. The number of rotatable bonds is 6. The number of carbonyl (C=O) groups excluding carboxylic acids is 1. The van der Waals surface area contributed by atoms with E-state index in [2.05, 4.69) is 9.87 Å². The van der Waals surface area contributed by atoms with Crippen LogP contribution in [0.1, 0.15) is 49.8 Å². The van der Waals surface area contributed by atoms with Crippen LogP contribution in [0.25, 0.3) is 5.69 Å². The highest BCUT2D eigenvalue weighted by Crippen LogP contribution is 2.45. The molecule has 4 rings (SSSR count). The Morgan fingerprint density at radius 1 is 1.16 bits per heavy atom. The highest BCUT2D eigenvalue weighted by atomic mass is 35.5. The molecule has 3 aromatic rings. The molecule has 2 aromatic heterocycles. The fourth-order valence-corrected chi connectivity index (χ4v) is 4.45. The van der Waals surface area contributed by atoms with E-state index >= 15 is 0 Å². The summed E-state index contributed by atoms with van der Waals surface area (Å²) in [4.78, 5) is 50.2. The van der Waals surface area contributed by atoms with Crippen molar-refractivity contribution in [3.63, 3.8) is 0 Å². The second-order valence-electron chi connectivity index (χ2n) is 8.55. The van der Waals surface area contributed by atoms with Gasteiger partial charge in [-0.2, -0.15) is 13.2 Å². The first-order chi connectivity index (χ1) is 17.9. The molecule has 0 spiro atoms. The van der Waals surface area contributed by atoms with Crippen molar-refractivity contribution in [3.8, 4) is 23.1 Å². The number of nitrogens with zero attached hydrogens (tertiary/aromatic N) is 3. The lowest BCUT2D eigenvalue weighted by Gasteiger charge is -2.19. The van der Waals surface area contributed by atoms with Crippen LogP contribution in [-0.4, -0.2) is 20.1 Å². The minimum Gasteiger partial charge on any atom is -0.450 e. The molecular weight excluding hydrogens is 538 g/mol. The Labute approximate surface area is 217 Å². The molecule has 0 bridgehead atoms. The molecule has 0 atom stereocenters. The second-order valence-corrected chi connectivity index (χ2v) is 8.96. The minimum atomic E-state index is -4.99. The van der Waals surface area contributed by atoms with Crippen LogP contribution in [0.2, 0.25) is 5.02 Å². The molecule has 0 amide bonds. The van der Waals surface area contributed by atoms with E-state index in [1.807, 2.05) is 0 Å². The lowest BCUT2D eigenvalue weighted by Crippen LogP contribution is -2.41. The van der Waals surface area contributed by atoms with Crippen LogP contribution < -0.4 is 20.9 Å². The summed E-state index contributed by atoms with van der Waals surface area (Å²) < 4.78 is 61.0. The van der Waals surface area contributed by atoms with Crippen molar-refractivity contribution >= 4 is 17.6 Å². The van der Waals surface area contributed by atoms with Crippen molar-refractivity contribution in [1.29, 1.82) is 0 Å². The fourth-order valence-electron chi connectivity index (χ4n) is 4.26. The van der Waals surface area contributed by atoms with Gasteiger partial charge in [0.25, 0.3) is 5.56 Å². The van der Waals surface area contributed by atoms with Crippen molar-refractivity contribution in [2.24, 2.45) is 7.05 Å². The van der Waals surface area contributed by atoms with Gasteiger partial charge >= 0.3 is 23.7 Å². The topological polar surface area (TPSA) is 102 Å². The van der Waals surface area contributed by atoms with E-state index < -0.39 is 40.6 Å². The summed E-state index contributed by atoms with van der Waals surface area (Å²) in [6.45, 7) is 1.10. The van der Waals surface area contributed by atoms with Gasteiger partial charge in [0.15, 0.2) is 5.75 Å². The Balaban J connectivity index is 1.85. The Morgan fingerprint density at radius 3 is 2.47 bits per heavy atom. The van der Waals surface area contributed by atoms with E-state index in [-0.39, 0.29) is 43.5 Å². The smallest absolute Gasteiger partial charge is 0.431 e. The Bertz CT molecular complexity index is 1510. The minimum absolute atomic E-state index is 0.00669. The number of carbonyl (C=O) groups is 1. The third-order valence-corrected chi connectivity index (χ3v) is 6.30. The zero-order chi connectivity index (χ0) is 27.8. The maximum Gasteiger partial charge on any atom is 0.431 e. The third kappa shape index (κ3) is 5.37. The summed E-state index contributed by atoms with van der Waals surface area (Å²) in [5, 5.41) is -0.289. The van der Waals surface area contributed by atoms with E-state index in [0.29, 0.717) is 5.56 Å². The van der Waals surface area contributed by atoms with Crippen LogP contribution in [0.15, 0.2) is 40.1 Å². The molecule has 0 N–H and O–H groups in total. The highest BCUT2D eigenvalue weighted by molar-refractivity contribution is 6.32. The summed E-state index contributed by atoms with van der Waals surface area (Å²) in [6, 6.07) is 3.49. The standard InChI is InChI=1S/C24H20ClF4N3O6/c1-12(33)37-38-22-21(14(7-8-30-22)13-5-3-4-6-13)36-18-10-17(16(26)9-15(18)25)32-20(34)11-19(24(27,28)29)31(2)23(32)35/h7-11,13H,3-6H2,1-2H3. The molecule has 0 radical (unpaired) electrons. The van der Waals surface area contributed by atoms with Crippen LogP contribution in [-0.2, 0) is 22.9 Å². The lowest BCUT2D eigenvalue weighted by molar-refractivity contribution is -0.212. The number of benzene rings is 1.